The van der Waals surface area contributed by atoms with Crippen LogP contribution in [-0.2, 0) is 28.7 Å². The highest BCUT2D eigenvalue weighted by molar-refractivity contribution is 7.13. The molecule has 1 unspecified atom stereocenters. The van der Waals surface area contributed by atoms with E-state index in [4.69, 9.17) is 30.8 Å². The minimum absolute atomic E-state index is 0.0239. The summed E-state index contributed by atoms with van der Waals surface area (Å²) in [6.45, 7) is 16.5. The summed E-state index contributed by atoms with van der Waals surface area (Å²) in [6, 6.07) is 22.0. The Morgan fingerprint density at radius 2 is 1.61 bits per heavy atom. The minimum Gasteiger partial charge on any atom is -0.491 e. The lowest BCUT2D eigenvalue weighted by atomic mass is 9.85. The van der Waals surface area contributed by atoms with Crippen molar-refractivity contribution in [2.24, 2.45) is 10.4 Å². The Labute approximate surface area is 447 Å². The number of fused-ring (bicyclic) bond motifs is 2. The highest BCUT2D eigenvalue weighted by Gasteiger charge is 2.45. The Morgan fingerprint density at radius 1 is 0.880 bits per heavy atom. The van der Waals surface area contributed by atoms with Gasteiger partial charge in [0, 0.05) is 71.1 Å². The smallest absolute Gasteiger partial charge is 0.246 e. The van der Waals surface area contributed by atoms with Gasteiger partial charge in [-0.15, -0.1) is 21.5 Å². The number of aliphatic hydroxyl groups is 1. The van der Waals surface area contributed by atoms with Crippen LogP contribution in [-0.4, -0.2) is 112 Å². The predicted molar refractivity (Wildman–Crippen MR) is 292 cm³/mol. The maximum absolute atomic E-state index is 14.1. The molecule has 16 nitrogen and oxygen atoms in total. The van der Waals surface area contributed by atoms with E-state index in [-0.39, 0.29) is 57.1 Å². The molecule has 75 heavy (non-hydrogen) atoms. The summed E-state index contributed by atoms with van der Waals surface area (Å²) >= 11 is 7.95. The molecule has 3 aromatic carbocycles. The largest absolute Gasteiger partial charge is 0.491 e. The number of ether oxygens (including phenoxy) is 3. The lowest BCUT2D eigenvalue weighted by Crippen LogP contribution is -2.58. The lowest BCUT2D eigenvalue weighted by molar-refractivity contribution is -0.144. The van der Waals surface area contributed by atoms with Crippen LogP contribution >= 0.6 is 22.9 Å². The summed E-state index contributed by atoms with van der Waals surface area (Å²) in [5, 5.41) is 31.2. The van der Waals surface area contributed by atoms with Gasteiger partial charge in [0.1, 0.15) is 42.9 Å². The van der Waals surface area contributed by atoms with Gasteiger partial charge in [0.15, 0.2) is 5.82 Å². The van der Waals surface area contributed by atoms with E-state index in [1.54, 1.807) is 35.6 Å². The van der Waals surface area contributed by atoms with E-state index in [0.29, 0.717) is 41.9 Å². The molecule has 4 N–H and O–H groups in total. The third kappa shape index (κ3) is 13.1. The highest BCUT2D eigenvalue weighted by atomic mass is 35.5. The van der Waals surface area contributed by atoms with Gasteiger partial charge in [0.25, 0.3) is 0 Å². The number of amides is 4. The normalized spacial score (nSPS) is 18.2. The van der Waals surface area contributed by atoms with Gasteiger partial charge in [-0.3, -0.25) is 28.7 Å². The molecule has 2 aliphatic heterocycles. The van der Waals surface area contributed by atoms with Crippen molar-refractivity contribution < 1.29 is 38.5 Å². The van der Waals surface area contributed by atoms with E-state index in [9.17, 15) is 24.3 Å². The molecule has 0 bridgehead atoms. The topological polar surface area (TPSA) is 199 Å². The second-order valence-corrected chi connectivity index (χ2v) is 21.9. The molecule has 0 radical (unpaired) electrons. The van der Waals surface area contributed by atoms with Crippen LogP contribution in [0.1, 0.15) is 108 Å². The molecule has 8 rings (SSSR count). The second kappa shape index (κ2) is 24.0. The fourth-order valence-corrected chi connectivity index (χ4v) is 10.7. The number of anilines is 1. The number of carbonyl (C=O) groups excluding carboxylic acids is 4. The number of benzene rings is 3. The number of hydrogen-bond acceptors (Lipinski definition) is 12. The highest BCUT2D eigenvalue weighted by Crippen LogP contribution is 2.42. The van der Waals surface area contributed by atoms with Crippen molar-refractivity contribution in [2.75, 3.05) is 44.9 Å². The van der Waals surface area contributed by atoms with E-state index in [1.807, 2.05) is 83.1 Å². The van der Waals surface area contributed by atoms with Crippen LogP contribution in [0.3, 0.4) is 0 Å². The number of halogens is 1. The zero-order valence-corrected chi connectivity index (χ0v) is 45.4. The standard InChI is InChI=1S/C57H67ClN8O8S/c1-33-21-26-75-52(33)40-15-13-38(14-16-40)36(4)59-55(70)47-29-43(67)31-65(47)56(71)53(57(6,7)8)62-49(69)32-73-23-10-22-72-24-25-74-44-12-9-11-42(28-44)60-48(68)30-45-54-64-63-37(5)66(54)46-27-34(2)35(3)50(46)51(61-45)39-17-19-41(58)20-18-39/h9,11-21,26,28,36,43,45,47,53,67H,10,22-25,27,29-32H2,1-8H3,(H,59,70)(H,60,68)(H,62,69)/t36-,43+,45?,47-,53+/m0/s1. The quantitative estimate of drug-likeness (QED) is 0.0546. The Morgan fingerprint density at radius 3 is 2.33 bits per heavy atom. The summed E-state index contributed by atoms with van der Waals surface area (Å²) in [6.07, 6.45) is 0.466. The average molecular weight is 1060 g/mol. The first-order chi connectivity index (χ1) is 35.9. The Bertz CT molecular complexity index is 2990. The number of aromatic nitrogens is 3. The van der Waals surface area contributed by atoms with Crippen molar-refractivity contribution in [2.45, 2.75) is 111 Å². The first-order valence-corrected chi connectivity index (χ1v) is 26.7. The number of allylic oxidation sites excluding steroid dienone is 4. The molecular formula is C57H67ClN8O8S. The number of likely N-dealkylation sites (tertiary alicyclic amines) is 1. The van der Waals surface area contributed by atoms with E-state index >= 15 is 0 Å². The van der Waals surface area contributed by atoms with Crippen molar-refractivity contribution in [3.8, 4) is 16.2 Å². The number of nitrogens with zero attached hydrogens (tertiary/aromatic N) is 5. The van der Waals surface area contributed by atoms with E-state index in [2.05, 4.69) is 62.9 Å². The molecule has 1 saturated heterocycles. The summed E-state index contributed by atoms with van der Waals surface area (Å²) in [5.41, 5.74) is 9.24. The first-order valence-electron chi connectivity index (χ1n) is 25.4. The van der Waals surface area contributed by atoms with Crippen LogP contribution in [0, 0.1) is 19.3 Å². The number of rotatable bonds is 20. The van der Waals surface area contributed by atoms with Crippen LogP contribution in [0.2, 0.25) is 5.02 Å². The molecule has 1 fully saturated rings. The monoisotopic (exact) mass is 1060 g/mol. The third-order valence-corrected chi connectivity index (χ3v) is 15.1. The third-order valence-electron chi connectivity index (χ3n) is 13.8. The molecule has 5 atom stereocenters. The average Bonchev–Trinajstić information content (AvgIpc) is 4.16. The molecule has 2 aromatic heterocycles. The van der Waals surface area contributed by atoms with Gasteiger partial charge in [-0.05, 0) is 104 Å². The van der Waals surface area contributed by atoms with Crippen LogP contribution in [0.4, 0.5) is 5.69 Å². The Hall–Kier alpha value is -6.50. The molecule has 18 heteroatoms. The van der Waals surface area contributed by atoms with Gasteiger partial charge >= 0.3 is 0 Å². The maximum Gasteiger partial charge on any atom is 0.246 e. The fraction of sp³-hybridized carbons (Fsp3) is 0.421. The molecule has 4 heterocycles. The number of hydrogen-bond donors (Lipinski definition) is 4. The number of β-amino-alcohol motifs (C(OH)–C–C–N with tert-alkyl or cyclic N) is 1. The van der Waals surface area contributed by atoms with Gasteiger partial charge in [-0.25, -0.2) is 0 Å². The zero-order valence-electron chi connectivity index (χ0n) is 43.9. The predicted octanol–water partition coefficient (Wildman–Crippen LogP) is 8.97. The molecule has 5 aromatic rings. The summed E-state index contributed by atoms with van der Waals surface area (Å²) < 4.78 is 19.4. The van der Waals surface area contributed by atoms with E-state index in [0.717, 1.165) is 51.5 Å². The molecular weight excluding hydrogens is 992 g/mol. The minimum atomic E-state index is -0.977. The molecule has 1 aliphatic carbocycles. The summed E-state index contributed by atoms with van der Waals surface area (Å²) in [7, 11) is 0. The van der Waals surface area contributed by atoms with Gasteiger partial charge in [0.05, 0.1) is 30.9 Å². The molecule has 396 valence electrons. The molecule has 0 saturated carbocycles. The van der Waals surface area contributed by atoms with Crippen LogP contribution < -0.4 is 20.7 Å². The number of thiophene rings is 1. The Balaban J connectivity index is 0.756. The van der Waals surface area contributed by atoms with Crippen molar-refractivity contribution >= 4 is 63.7 Å². The van der Waals surface area contributed by atoms with Crippen molar-refractivity contribution in [3.05, 3.63) is 134 Å². The van der Waals surface area contributed by atoms with Crippen molar-refractivity contribution in [1.29, 1.82) is 0 Å². The number of carbonyl (C=O) groups is 4. The fourth-order valence-electron chi connectivity index (χ4n) is 9.68. The van der Waals surface area contributed by atoms with Gasteiger partial charge < -0.3 is 40.2 Å². The SMILES string of the molecule is CC1=C(C)C2=C(C1)n1c(C)nnc1C(CC(=O)Nc1cccc(OCCOCCCOCC(=O)N[C@H](C(=O)N3C[C@H](O)C[C@H]3C(=O)N[C@@H](C)c3ccc(-c4sccc4C)cc3)C(C)(C)C)c1)N=C2c1ccc(Cl)cc1. The van der Waals surface area contributed by atoms with Crippen molar-refractivity contribution in [1.82, 2.24) is 30.3 Å². The summed E-state index contributed by atoms with van der Waals surface area (Å²) in [4.78, 5) is 62.4. The first kappa shape index (κ1) is 54.8. The molecule has 3 aliphatic rings. The zero-order chi connectivity index (χ0) is 53.6. The molecule has 0 spiro atoms. The Kier molecular flexibility index (Phi) is 17.5. The number of aryl methyl sites for hydroxylation is 2. The van der Waals surface area contributed by atoms with E-state index < -0.39 is 41.5 Å². The van der Waals surface area contributed by atoms with Gasteiger partial charge in [-0.1, -0.05) is 80.4 Å². The number of nitrogens with one attached hydrogen (secondary N) is 3. The van der Waals surface area contributed by atoms with E-state index in [1.165, 1.54) is 20.9 Å². The number of aliphatic imine (C=N–C) groups is 1. The molecule has 4 amide bonds. The van der Waals surface area contributed by atoms with Crippen LogP contribution in [0.5, 0.6) is 5.75 Å². The lowest BCUT2D eigenvalue weighted by Gasteiger charge is -2.35. The number of aliphatic hydroxyl groups excluding tert-OH is 1. The maximum atomic E-state index is 14.1. The van der Waals surface area contributed by atoms with Gasteiger partial charge in [0.2, 0.25) is 23.6 Å². The van der Waals surface area contributed by atoms with Crippen LogP contribution in [0.15, 0.2) is 106 Å². The van der Waals surface area contributed by atoms with Gasteiger partial charge in [-0.2, -0.15) is 0 Å². The summed E-state index contributed by atoms with van der Waals surface area (Å²) in [5.74, 6) is 0.362. The second-order valence-electron chi connectivity index (χ2n) is 20.5. The van der Waals surface area contributed by atoms with Crippen molar-refractivity contribution in [3.63, 3.8) is 0 Å². The van der Waals surface area contributed by atoms with Crippen LogP contribution in [0.25, 0.3) is 16.1 Å².